The number of aryl methyl sites for hydroxylation is 2. The van der Waals surface area contributed by atoms with Crippen LogP contribution in [0.15, 0.2) is 36.5 Å². The zero-order valence-electron chi connectivity index (χ0n) is 27.3. The maximum absolute atomic E-state index is 14.9. The molecule has 2 unspecified atom stereocenters. The number of carboxylic acids is 1. The molecule has 48 heavy (non-hydrogen) atoms. The molecule has 5 rings (SSSR count). The molecule has 3 aromatic rings. The van der Waals surface area contributed by atoms with E-state index < -0.39 is 24.3 Å². The Kier molecular flexibility index (Phi) is 10.5. The molecule has 2 aliphatic heterocycles. The highest BCUT2D eigenvalue weighted by Crippen LogP contribution is 2.46. The number of benzene rings is 1. The first-order chi connectivity index (χ1) is 22.8. The Balaban J connectivity index is 1.41. The van der Waals surface area contributed by atoms with Crippen LogP contribution in [0.25, 0.3) is 5.69 Å². The monoisotopic (exact) mass is 673 g/mol. The maximum atomic E-state index is 14.9. The molecular formula is C33H42F3N7O5. The van der Waals surface area contributed by atoms with Gasteiger partial charge in [-0.15, -0.1) is 0 Å². The lowest BCUT2D eigenvalue weighted by molar-refractivity contribution is -0.198. The van der Waals surface area contributed by atoms with Crippen LogP contribution in [-0.2, 0) is 20.7 Å². The third-order valence-electron chi connectivity index (χ3n) is 9.28. The van der Waals surface area contributed by atoms with Gasteiger partial charge in [-0.2, -0.15) is 28.2 Å². The van der Waals surface area contributed by atoms with Crippen LogP contribution in [0.5, 0.6) is 5.88 Å². The van der Waals surface area contributed by atoms with Gasteiger partial charge in [0.25, 0.3) is 0 Å². The molecule has 2 fully saturated rings. The van der Waals surface area contributed by atoms with Crippen molar-refractivity contribution in [3.63, 3.8) is 0 Å². The van der Waals surface area contributed by atoms with Gasteiger partial charge >= 0.3 is 18.1 Å². The van der Waals surface area contributed by atoms with Crippen LogP contribution in [0.1, 0.15) is 75.3 Å². The van der Waals surface area contributed by atoms with E-state index in [1.165, 1.54) is 16.8 Å². The van der Waals surface area contributed by atoms with E-state index in [4.69, 9.17) is 15.2 Å². The van der Waals surface area contributed by atoms with Crippen molar-refractivity contribution >= 4 is 23.7 Å². The Morgan fingerprint density at radius 1 is 1.17 bits per heavy atom. The SMILES string of the molecule is CCOC(=O)CCCc1ccc(-n2ccc(C)n2)c([C@@H](Oc2cc(N3CCC4(CC3)CC(C(=O)O)NC4CC)nc(N)n2)C(F)(F)F)c1. The molecule has 2 saturated heterocycles. The number of halogens is 3. The fourth-order valence-electron chi connectivity index (χ4n) is 6.95. The number of anilines is 2. The zero-order valence-corrected chi connectivity index (χ0v) is 27.3. The van der Waals surface area contributed by atoms with Crippen LogP contribution in [-0.4, -0.2) is 74.7 Å². The largest absolute Gasteiger partial charge is 0.480 e. The van der Waals surface area contributed by atoms with Crippen molar-refractivity contribution in [2.75, 3.05) is 30.3 Å². The molecule has 1 spiro atoms. The lowest BCUT2D eigenvalue weighted by Gasteiger charge is -2.43. The lowest BCUT2D eigenvalue weighted by atomic mass is 9.71. The van der Waals surface area contributed by atoms with E-state index in [2.05, 4.69) is 20.4 Å². The summed E-state index contributed by atoms with van der Waals surface area (Å²) < 4.78 is 56.7. The van der Waals surface area contributed by atoms with Gasteiger partial charge in [0.05, 0.1) is 18.0 Å². The molecule has 260 valence electrons. The number of nitrogens with one attached hydrogen (secondary N) is 1. The normalized spacial score (nSPS) is 19.8. The minimum absolute atomic E-state index is 0.0522. The van der Waals surface area contributed by atoms with E-state index in [-0.39, 0.29) is 53.5 Å². The number of esters is 1. The van der Waals surface area contributed by atoms with Gasteiger partial charge in [0.1, 0.15) is 11.9 Å². The number of nitrogen functional groups attached to an aromatic ring is 1. The van der Waals surface area contributed by atoms with Crippen LogP contribution in [0.2, 0.25) is 0 Å². The van der Waals surface area contributed by atoms with Gasteiger partial charge in [-0.1, -0.05) is 13.0 Å². The van der Waals surface area contributed by atoms with E-state index in [9.17, 15) is 27.9 Å². The Bertz CT molecular complexity index is 1610. The molecule has 0 saturated carbocycles. The van der Waals surface area contributed by atoms with Gasteiger partial charge in [-0.05, 0) is 81.5 Å². The average molecular weight is 674 g/mol. The van der Waals surface area contributed by atoms with E-state index in [1.54, 1.807) is 38.2 Å². The van der Waals surface area contributed by atoms with E-state index in [0.29, 0.717) is 62.3 Å². The summed E-state index contributed by atoms with van der Waals surface area (Å²) in [6, 6.07) is 7.18. The van der Waals surface area contributed by atoms with Crippen LogP contribution in [0.3, 0.4) is 0 Å². The number of rotatable bonds is 12. The van der Waals surface area contributed by atoms with Crippen molar-refractivity contribution in [1.29, 1.82) is 0 Å². The molecule has 0 bridgehead atoms. The average Bonchev–Trinajstić information content (AvgIpc) is 3.63. The smallest absolute Gasteiger partial charge is 0.429 e. The summed E-state index contributed by atoms with van der Waals surface area (Å²) in [6.07, 6.45) is -2.17. The summed E-state index contributed by atoms with van der Waals surface area (Å²) in [7, 11) is 0. The molecule has 4 heterocycles. The summed E-state index contributed by atoms with van der Waals surface area (Å²) in [4.78, 5) is 33.8. The Labute approximate surface area is 276 Å². The number of aliphatic carboxylic acids is 1. The highest BCUT2D eigenvalue weighted by atomic mass is 19.4. The van der Waals surface area contributed by atoms with Gasteiger partial charge < -0.3 is 30.5 Å². The Hall–Kier alpha value is -4.40. The number of alkyl halides is 3. The van der Waals surface area contributed by atoms with E-state index in [0.717, 1.165) is 6.42 Å². The van der Waals surface area contributed by atoms with Crippen molar-refractivity contribution in [2.24, 2.45) is 5.41 Å². The fourth-order valence-corrected chi connectivity index (χ4v) is 6.95. The molecular weight excluding hydrogens is 631 g/mol. The number of aromatic nitrogens is 4. The number of ether oxygens (including phenoxy) is 2. The molecule has 2 aromatic heterocycles. The van der Waals surface area contributed by atoms with Crippen molar-refractivity contribution in [2.45, 2.75) is 90.1 Å². The number of piperidine rings is 1. The van der Waals surface area contributed by atoms with Crippen LogP contribution in [0.4, 0.5) is 24.9 Å². The quantitative estimate of drug-likeness (QED) is 0.224. The molecule has 0 aliphatic carbocycles. The van der Waals surface area contributed by atoms with Crippen molar-refractivity contribution in [3.05, 3.63) is 53.3 Å². The van der Waals surface area contributed by atoms with Gasteiger partial charge in [-0.3, -0.25) is 9.59 Å². The van der Waals surface area contributed by atoms with Gasteiger partial charge in [0.15, 0.2) is 0 Å². The van der Waals surface area contributed by atoms with E-state index >= 15 is 0 Å². The number of carbonyl (C=O) groups is 2. The molecule has 2 aliphatic rings. The Morgan fingerprint density at radius 2 is 1.92 bits per heavy atom. The van der Waals surface area contributed by atoms with Crippen LogP contribution in [0, 0.1) is 12.3 Å². The van der Waals surface area contributed by atoms with Crippen LogP contribution >= 0.6 is 0 Å². The number of hydrogen-bond acceptors (Lipinski definition) is 10. The minimum atomic E-state index is -4.86. The second-order valence-electron chi connectivity index (χ2n) is 12.5. The molecule has 3 atom stereocenters. The van der Waals surface area contributed by atoms with Gasteiger partial charge in [0, 0.05) is 43.4 Å². The minimum Gasteiger partial charge on any atom is -0.480 e. The molecule has 15 heteroatoms. The standard InChI is InChI=1S/C33H42F3N7O5/c1-4-25-32(19-23(38-25)30(45)46)12-15-42(16-13-32)26-18-27(40-31(37)39-26)48-29(33(34,35)36)22-17-21(7-6-8-28(44)47-5-2)9-10-24(22)43-14-11-20(3)41-43/h9-11,14,17-18,23,25,29,38H,4-8,12-13,15-16,19H2,1-3H3,(H,45,46)(H2,37,39,40)/t23?,25?,29-/m1/s1. The first kappa shape index (κ1) is 34.9. The zero-order chi connectivity index (χ0) is 34.6. The summed E-state index contributed by atoms with van der Waals surface area (Å²) in [5.41, 5.74) is 7.02. The Morgan fingerprint density at radius 3 is 2.54 bits per heavy atom. The van der Waals surface area contributed by atoms with Crippen molar-refractivity contribution < 1.29 is 37.3 Å². The molecule has 4 N–H and O–H groups in total. The summed E-state index contributed by atoms with van der Waals surface area (Å²) >= 11 is 0. The maximum Gasteiger partial charge on any atom is 0.429 e. The molecule has 0 amide bonds. The molecule has 12 nitrogen and oxygen atoms in total. The molecule has 0 radical (unpaired) electrons. The van der Waals surface area contributed by atoms with Gasteiger partial charge in [-0.25, -0.2) is 4.68 Å². The van der Waals surface area contributed by atoms with Crippen molar-refractivity contribution in [1.82, 2.24) is 25.1 Å². The predicted molar refractivity (Wildman–Crippen MR) is 171 cm³/mol. The third-order valence-corrected chi connectivity index (χ3v) is 9.28. The van der Waals surface area contributed by atoms with E-state index in [1.807, 2.05) is 11.8 Å². The van der Waals surface area contributed by atoms with Crippen molar-refractivity contribution in [3.8, 4) is 11.6 Å². The number of nitrogens with two attached hydrogens (primary N) is 1. The summed E-state index contributed by atoms with van der Waals surface area (Å²) in [5, 5.41) is 17.2. The second kappa shape index (κ2) is 14.4. The second-order valence-corrected chi connectivity index (χ2v) is 12.5. The first-order valence-electron chi connectivity index (χ1n) is 16.2. The third kappa shape index (κ3) is 7.83. The molecule has 1 aromatic carbocycles. The predicted octanol–water partition coefficient (Wildman–Crippen LogP) is 4.93. The topological polar surface area (TPSA) is 158 Å². The number of nitrogens with zero attached hydrogens (tertiary/aromatic N) is 5. The lowest BCUT2D eigenvalue weighted by Crippen LogP contribution is -2.46. The summed E-state index contributed by atoms with van der Waals surface area (Å²) in [5.74, 6) is -1.48. The first-order valence-corrected chi connectivity index (χ1v) is 16.2. The highest BCUT2D eigenvalue weighted by molar-refractivity contribution is 5.74. The number of carbonyl (C=O) groups excluding carboxylic acids is 1. The summed E-state index contributed by atoms with van der Waals surface area (Å²) in [6.45, 7) is 6.75. The number of hydrogen-bond donors (Lipinski definition) is 3. The van der Waals surface area contributed by atoms with Gasteiger partial charge in [0.2, 0.25) is 17.9 Å². The fraction of sp³-hybridized carbons (Fsp3) is 0.545. The number of carboxylic acid groups (broad SMARTS) is 1. The highest BCUT2D eigenvalue weighted by Gasteiger charge is 2.50. The van der Waals surface area contributed by atoms with Crippen LogP contribution < -0.4 is 20.7 Å².